The molecule has 7 aromatic rings. The zero-order valence-corrected chi connectivity index (χ0v) is 45.4. The highest BCUT2D eigenvalue weighted by atomic mass is 32.1. The van der Waals surface area contributed by atoms with E-state index in [1.54, 1.807) is 48.1 Å². The Balaban J connectivity index is 0.706. The van der Waals surface area contributed by atoms with Crippen LogP contribution in [0.15, 0.2) is 83.4 Å². The van der Waals surface area contributed by atoms with E-state index in [0.29, 0.717) is 80.0 Å². The maximum atomic E-state index is 15.7. The van der Waals surface area contributed by atoms with Gasteiger partial charge in [-0.05, 0) is 74.8 Å². The van der Waals surface area contributed by atoms with Gasteiger partial charge in [-0.15, -0.1) is 11.3 Å². The average Bonchev–Trinajstić information content (AvgIpc) is 4.00. The number of likely N-dealkylation sites (tertiary alicyclic amines) is 1. The molecule has 5 amide bonds. The topological polar surface area (TPSA) is 275 Å². The lowest BCUT2D eigenvalue weighted by molar-refractivity contribution is -0.148. The van der Waals surface area contributed by atoms with E-state index in [0.717, 1.165) is 45.9 Å². The molecule has 10 rings (SSSR count). The number of fused-ring (bicyclic) bond motifs is 1. The van der Waals surface area contributed by atoms with Crippen LogP contribution in [0.5, 0.6) is 0 Å². The Morgan fingerprint density at radius 1 is 0.949 bits per heavy atom. The number of thiazole rings is 1. The number of amides is 5. The standard InChI is InChI=1S/C56H65FN14O7S/c1-32(2)49(46-21-33(3)67-78-46)54(76)71-28-40(72)24-56(71,55(58)77)41(35-7-11-37(12-8-35)50-34(4)62-31-79-50)23-47(73)59-15-5-6-16-60-48(74)30-68-17-19-69(20-18-68)53(75)38-13-14-43(42(57)22-38)65-51-52-61-27-45(39-25-63-64-26-39)70(52)29-44(66-51)36-9-10-36/h7-8,11-14,21-22,25-27,29,31-32,36,40-41,49,72H,5-6,9-10,15-20,23-24,28,30H2,1-4H3,(H2,58,77)(H,59,73)(H,60,74)(H,63,64)(H,65,66)/t40?,41-,49+,56?/m0/s1. The van der Waals surface area contributed by atoms with Gasteiger partial charge in [0.15, 0.2) is 11.5 Å². The van der Waals surface area contributed by atoms with E-state index in [2.05, 4.69) is 41.3 Å². The lowest BCUT2D eigenvalue weighted by Crippen LogP contribution is -2.61. The summed E-state index contributed by atoms with van der Waals surface area (Å²) in [6, 6.07) is 13.5. The number of benzene rings is 2. The Hall–Kier alpha value is -7.89. The number of aromatic amines is 1. The summed E-state index contributed by atoms with van der Waals surface area (Å²) < 4.78 is 23.2. The molecule has 3 aliphatic rings. The summed E-state index contributed by atoms with van der Waals surface area (Å²) in [6.07, 6.45) is 8.84. The van der Waals surface area contributed by atoms with Gasteiger partial charge in [0.1, 0.15) is 23.0 Å². The highest BCUT2D eigenvalue weighted by Gasteiger charge is 2.58. The normalized spacial score (nSPS) is 18.5. The third-order valence-electron chi connectivity index (χ3n) is 15.3. The number of nitrogens with zero attached hydrogens (tertiary/aromatic N) is 9. The number of imidazole rings is 1. The van der Waals surface area contributed by atoms with Crippen molar-refractivity contribution in [3.8, 4) is 21.7 Å². The zero-order chi connectivity index (χ0) is 55.5. The number of anilines is 2. The van der Waals surface area contributed by atoms with Crippen LogP contribution in [0.1, 0.15) is 109 Å². The van der Waals surface area contributed by atoms with Crippen molar-refractivity contribution in [2.45, 2.75) is 95.6 Å². The fraction of sp³-hybridized carbons (Fsp3) is 0.429. The summed E-state index contributed by atoms with van der Waals surface area (Å²) in [6.45, 7) is 9.61. The molecule has 5 aromatic heterocycles. The van der Waals surface area contributed by atoms with Crippen molar-refractivity contribution in [3.05, 3.63) is 119 Å². The summed E-state index contributed by atoms with van der Waals surface area (Å²) in [4.78, 5) is 89.1. The molecule has 1 aliphatic carbocycles. The van der Waals surface area contributed by atoms with Gasteiger partial charge in [0.25, 0.3) is 5.91 Å². The molecule has 1 saturated carbocycles. The molecule has 0 radical (unpaired) electrons. The monoisotopic (exact) mass is 1100 g/mol. The van der Waals surface area contributed by atoms with Gasteiger partial charge in [0.2, 0.25) is 23.6 Å². The Morgan fingerprint density at radius 2 is 1.70 bits per heavy atom. The molecule has 79 heavy (non-hydrogen) atoms. The number of rotatable bonds is 21. The van der Waals surface area contributed by atoms with Crippen LogP contribution in [-0.4, -0.2) is 148 Å². The van der Waals surface area contributed by atoms with Crippen LogP contribution in [-0.2, 0) is 19.2 Å². The Bertz CT molecular complexity index is 3350. The minimum Gasteiger partial charge on any atom is -0.391 e. The molecule has 21 nitrogen and oxygen atoms in total. The van der Waals surface area contributed by atoms with E-state index in [9.17, 15) is 29.1 Å². The number of hydrogen-bond donors (Lipinski definition) is 6. The molecule has 3 fully saturated rings. The van der Waals surface area contributed by atoms with E-state index >= 15 is 4.39 Å². The number of primary amides is 1. The van der Waals surface area contributed by atoms with Crippen molar-refractivity contribution in [2.24, 2.45) is 11.7 Å². The predicted molar refractivity (Wildman–Crippen MR) is 293 cm³/mol. The van der Waals surface area contributed by atoms with E-state index in [4.69, 9.17) is 15.2 Å². The van der Waals surface area contributed by atoms with E-state index in [1.165, 1.54) is 28.4 Å². The largest absolute Gasteiger partial charge is 0.391 e. The second kappa shape index (κ2) is 23.2. The second-order valence-electron chi connectivity index (χ2n) is 21.2. The first-order valence-corrected chi connectivity index (χ1v) is 27.7. The quantitative estimate of drug-likeness (QED) is 0.0464. The summed E-state index contributed by atoms with van der Waals surface area (Å²) in [7, 11) is 0. The Labute approximate surface area is 459 Å². The Morgan fingerprint density at radius 3 is 2.33 bits per heavy atom. The molecule has 0 spiro atoms. The SMILES string of the molecule is Cc1cc([C@H](C(=O)N2CC(O)CC2(C(N)=O)[C@@H](CC(=O)NCCCCNC(=O)CN2CCN(C(=O)c3ccc(Nc4nc(C5CC5)cn5c(-c6cn[nH]c6)cnc45)c(F)c3)CC2)c2ccc(-c3scnc3C)cc2)C(C)C)on1. The first-order valence-electron chi connectivity index (χ1n) is 26.8. The van der Waals surface area contributed by atoms with Crippen molar-refractivity contribution in [1.82, 2.24) is 60.0 Å². The summed E-state index contributed by atoms with van der Waals surface area (Å²) in [5.74, 6) is -3.78. The minimum absolute atomic E-state index is 0.134. The number of aromatic nitrogens is 7. The molecule has 0 bridgehead atoms. The number of carbonyl (C=O) groups is 5. The van der Waals surface area contributed by atoms with E-state index < -0.39 is 41.1 Å². The van der Waals surface area contributed by atoms with Crippen molar-refractivity contribution in [2.75, 3.05) is 57.7 Å². The molecule has 2 aromatic carbocycles. The van der Waals surface area contributed by atoms with Crippen molar-refractivity contribution in [1.29, 1.82) is 0 Å². The number of carbonyl (C=O) groups excluding carboxylic acids is 5. The van der Waals surface area contributed by atoms with Crippen LogP contribution >= 0.6 is 11.3 Å². The van der Waals surface area contributed by atoms with Gasteiger partial charge in [-0.2, -0.15) is 5.10 Å². The maximum Gasteiger partial charge on any atom is 0.254 e. The van der Waals surface area contributed by atoms with Crippen LogP contribution in [0, 0.1) is 25.6 Å². The molecule has 7 heterocycles. The number of hydrogen-bond acceptors (Lipinski definition) is 15. The van der Waals surface area contributed by atoms with Crippen LogP contribution in [0.4, 0.5) is 15.9 Å². The Kier molecular flexibility index (Phi) is 16.0. The number of aliphatic hydroxyl groups is 1. The fourth-order valence-electron chi connectivity index (χ4n) is 11.0. The summed E-state index contributed by atoms with van der Waals surface area (Å²) in [5, 5.41) is 31.2. The number of piperazine rings is 1. The molecule has 7 N–H and O–H groups in total. The molecule has 2 unspecified atom stereocenters. The first-order chi connectivity index (χ1) is 38.1. The van der Waals surface area contributed by atoms with E-state index in [1.807, 2.05) is 60.5 Å². The predicted octanol–water partition coefficient (Wildman–Crippen LogP) is 5.81. The maximum absolute atomic E-state index is 15.7. The van der Waals surface area contributed by atoms with Crippen LogP contribution < -0.4 is 21.7 Å². The van der Waals surface area contributed by atoms with Crippen molar-refractivity contribution >= 4 is 58.0 Å². The zero-order valence-electron chi connectivity index (χ0n) is 44.6. The number of nitrogens with two attached hydrogens (primary N) is 1. The lowest BCUT2D eigenvalue weighted by atomic mass is 9.73. The molecular formula is C56H65FN14O7S. The molecule has 4 atom stereocenters. The second-order valence-corrected chi connectivity index (χ2v) is 22.1. The average molecular weight is 1100 g/mol. The number of β-amino-alcohol motifs (C(OH)–C–C–N with tert-alkyl or cyclic N) is 1. The molecular weight excluding hydrogens is 1030 g/mol. The van der Waals surface area contributed by atoms with Gasteiger partial charge in [-0.3, -0.25) is 38.4 Å². The van der Waals surface area contributed by atoms with Gasteiger partial charge < -0.3 is 41.1 Å². The van der Waals surface area contributed by atoms with Gasteiger partial charge >= 0.3 is 0 Å². The number of halogens is 1. The summed E-state index contributed by atoms with van der Waals surface area (Å²) >= 11 is 1.49. The van der Waals surface area contributed by atoms with Crippen molar-refractivity contribution in [3.63, 3.8) is 0 Å². The van der Waals surface area contributed by atoms with E-state index in [-0.39, 0.29) is 67.4 Å². The number of aliphatic hydroxyl groups excluding tert-OH is 1. The van der Waals surface area contributed by atoms with Gasteiger partial charge in [-0.25, -0.2) is 19.3 Å². The molecule has 23 heteroatoms. The number of H-pyrrole nitrogens is 1. The van der Waals surface area contributed by atoms with Crippen molar-refractivity contribution < 1.29 is 38.0 Å². The van der Waals surface area contributed by atoms with Gasteiger partial charge in [0, 0.05) is 100 Å². The lowest BCUT2D eigenvalue weighted by Gasteiger charge is -2.43. The highest BCUT2D eigenvalue weighted by Crippen LogP contribution is 2.47. The number of aryl methyl sites for hydroxylation is 2. The van der Waals surface area contributed by atoms with Crippen LogP contribution in [0.2, 0.25) is 0 Å². The minimum atomic E-state index is -1.78. The molecule has 2 aliphatic heterocycles. The molecule has 414 valence electrons. The fourth-order valence-corrected chi connectivity index (χ4v) is 11.8. The first kappa shape index (κ1) is 54.5. The third kappa shape index (κ3) is 11.6. The van der Waals surface area contributed by atoms with Crippen LogP contribution in [0.25, 0.3) is 27.3 Å². The number of nitrogens with one attached hydrogen (secondary N) is 4. The number of unbranched alkanes of at least 4 members (excludes halogenated alkanes) is 1. The summed E-state index contributed by atoms with van der Waals surface area (Å²) in [5.41, 5.74) is 12.7. The molecule has 2 saturated heterocycles. The third-order valence-corrected chi connectivity index (χ3v) is 16.3. The van der Waals surface area contributed by atoms with Gasteiger partial charge in [-0.1, -0.05) is 43.3 Å². The van der Waals surface area contributed by atoms with Crippen LogP contribution in [0.3, 0.4) is 0 Å². The highest BCUT2D eigenvalue weighted by molar-refractivity contribution is 7.13. The van der Waals surface area contributed by atoms with Gasteiger partial charge in [0.05, 0.1) is 63.9 Å². The smallest absolute Gasteiger partial charge is 0.254 e.